The number of hydrogen-bond acceptors (Lipinski definition) is 5. The first-order chi connectivity index (χ1) is 9.97. The minimum atomic E-state index is -0.360. The molecule has 1 aromatic carbocycles. The van der Waals surface area contributed by atoms with Gasteiger partial charge in [-0.1, -0.05) is 13.0 Å². The van der Waals surface area contributed by atoms with Crippen LogP contribution in [0.25, 0.3) is 0 Å². The lowest BCUT2D eigenvalue weighted by molar-refractivity contribution is -0.384. The average molecular weight is 294 g/mol. The Kier molecular flexibility index (Phi) is 6.65. The van der Waals surface area contributed by atoms with E-state index >= 15 is 0 Å². The Hall–Kier alpha value is -2.11. The Morgan fingerprint density at radius 1 is 1.57 bits per heavy atom. The molecule has 6 nitrogen and oxygen atoms in total. The van der Waals surface area contributed by atoms with Gasteiger partial charge in [-0.25, -0.2) is 0 Å². The molecule has 0 aromatic heterocycles. The van der Waals surface area contributed by atoms with Gasteiger partial charge >= 0.3 is 0 Å². The zero-order valence-corrected chi connectivity index (χ0v) is 12.7. The van der Waals surface area contributed by atoms with E-state index in [0.29, 0.717) is 12.5 Å². The Morgan fingerprint density at radius 3 is 2.81 bits per heavy atom. The molecule has 6 heteroatoms. The first kappa shape index (κ1) is 16.9. The van der Waals surface area contributed by atoms with Gasteiger partial charge in [0.15, 0.2) is 0 Å². The van der Waals surface area contributed by atoms with Gasteiger partial charge in [-0.2, -0.15) is 0 Å². The second kappa shape index (κ2) is 8.24. The highest BCUT2D eigenvalue weighted by atomic mass is 16.6. The first-order valence-electron chi connectivity index (χ1n) is 7.10. The number of nitro groups is 1. The van der Waals surface area contributed by atoms with E-state index in [9.17, 15) is 14.9 Å². The predicted molar refractivity (Wildman–Crippen MR) is 81.4 cm³/mol. The Bertz CT molecular complexity index is 491. The number of nitrogens with one attached hydrogen (secondary N) is 1. The molecule has 0 fully saturated rings. The van der Waals surface area contributed by atoms with Gasteiger partial charge < -0.3 is 10.1 Å². The summed E-state index contributed by atoms with van der Waals surface area (Å²) in [6, 6.07) is 5.43. The van der Waals surface area contributed by atoms with Crippen LogP contribution in [0, 0.1) is 10.1 Å². The molecule has 2 atom stereocenters. The number of anilines is 1. The summed E-state index contributed by atoms with van der Waals surface area (Å²) < 4.78 is 4.51. The predicted octanol–water partition coefficient (Wildman–Crippen LogP) is 3.30. The fourth-order valence-corrected chi connectivity index (χ4v) is 1.93. The molecule has 116 valence electrons. The van der Waals surface area contributed by atoms with E-state index in [1.54, 1.807) is 12.1 Å². The standard InChI is InChI=1S/C10H12N2O2.C5H10O2/c1-7-2-3-8-4-5-9(12(13)14)6-10(8)11-7;1-3-5(2)7-4-6/h4-7,11H,2-3H2,1H3;4-5H,3H2,1-2H3. The molecule has 1 aliphatic rings. The van der Waals surface area contributed by atoms with Crippen LogP contribution in [-0.4, -0.2) is 23.5 Å². The third kappa shape index (κ3) is 5.41. The first-order valence-corrected chi connectivity index (χ1v) is 7.10. The van der Waals surface area contributed by atoms with E-state index in [1.165, 1.54) is 5.56 Å². The summed E-state index contributed by atoms with van der Waals surface area (Å²) in [5.74, 6) is 0. The van der Waals surface area contributed by atoms with Crippen molar-refractivity contribution in [1.82, 2.24) is 0 Å². The van der Waals surface area contributed by atoms with Crippen LogP contribution in [-0.2, 0) is 16.0 Å². The Morgan fingerprint density at radius 2 is 2.29 bits per heavy atom. The lowest BCUT2D eigenvalue weighted by Crippen LogP contribution is -2.21. The number of carbonyl (C=O) groups excluding carboxylic acids is 1. The number of hydrogen-bond donors (Lipinski definition) is 1. The number of nitrogens with zero attached hydrogens (tertiary/aromatic N) is 1. The van der Waals surface area contributed by atoms with Crippen molar-refractivity contribution in [3.63, 3.8) is 0 Å². The van der Waals surface area contributed by atoms with Crippen LogP contribution in [0.1, 0.15) is 39.2 Å². The third-order valence-corrected chi connectivity index (χ3v) is 3.42. The van der Waals surface area contributed by atoms with E-state index in [0.717, 1.165) is 24.9 Å². The fourth-order valence-electron chi connectivity index (χ4n) is 1.93. The lowest BCUT2D eigenvalue weighted by atomic mass is 9.99. The SMILES string of the molecule is CC1CCc2ccc([N+](=O)[O-])cc2N1.CCC(C)OC=O. The monoisotopic (exact) mass is 294 g/mol. The summed E-state index contributed by atoms with van der Waals surface area (Å²) in [7, 11) is 0. The van der Waals surface area contributed by atoms with Gasteiger partial charge in [0, 0.05) is 23.9 Å². The highest BCUT2D eigenvalue weighted by molar-refractivity contribution is 5.59. The van der Waals surface area contributed by atoms with Crippen LogP contribution >= 0.6 is 0 Å². The van der Waals surface area contributed by atoms with Crippen LogP contribution in [0.4, 0.5) is 11.4 Å². The minimum Gasteiger partial charge on any atom is -0.465 e. The molecular weight excluding hydrogens is 272 g/mol. The highest BCUT2D eigenvalue weighted by Crippen LogP contribution is 2.28. The van der Waals surface area contributed by atoms with Gasteiger partial charge in [0.25, 0.3) is 12.2 Å². The second-order valence-corrected chi connectivity index (χ2v) is 5.13. The minimum absolute atomic E-state index is 0.0810. The van der Waals surface area contributed by atoms with Crippen molar-refractivity contribution in [2.75, 3.05) is 5.32 Å². The number of rotatable bonds is 4. The summed E-state index contributed by atoms with van der Waals surface area (Å²) in [6.07, 6.45) is 3.06. The molecule has 0 radical (unpaired) electrons. The van der Waals surface area contributed by atoms with Crippen molar-refractivity contribution in [3.05, 3.63) is 33.9 Å². The number of benzene rings is 1. The van der Waals surface area contributed by atoms with E-state index in [1.807, 2.05) is 19.9 Å². The number of nitro benzene ring substituents is 1. The Labute approximate surface area is 124 Å². The molecule has 2 unspecified atom stereocenters. The summed E-state index contributed by atoms with van der Waals surface area (Å²) in [5, 5.41) is 13.8. The van der Waals surface area contributed by atoms with Gasteiger partial charge in [0.2, 0.25) is 0 Å². The summed E-state index contributed by atoms with van der Waals surface area (Å²) in [5.41, 5.74) is 2.25. The smallest absolute Gasteiger partial charge is 0.293 e. The van der Waals surface area contributed by atoms with Crippen molar-refractivity contribution in [2.24, 2.45) is 0 Å². The van der Waals surface area contributed by atoms with E-state index in [2.05, 4.69) is 17.0 Å². The van der Waals surface area contributed by atoms with E-state index in [-0.39, 0.29) is 16.7 Å². The Balaban J connectivity index is 0.000000270. The van der Waals surface area contributed by atoms with Crippen LogP contribution in [0.5, 0.6) is 0 Å². The van der Waals surface area contributed by atoms with Gasteiger partial charge in [0.05, 0.1) is 11.0 Å². The van der Waals surface area contributed by atoms with Crippen LogP contribution in [0.3, 0.4) is 0 Å². The number of fused-ring (bicyclic) bond motifs is 1. The van der Waals surface area contributed by atoms with Gasteiger partial charge in [0.1, 0.15) is 0 Å². The van der Waals surface area contributed by atoms with Gasteiger partial charge in [-0.15, -0.1) is 0 Å². The number of ether oxygens (including phenoxy) is 1. The molecule has 0 bridgehead atoms. The molecule has 1 heterocycles. The zero-order valence-electron chi connectivity index (χ0n) is 12.7. The number of carbonyl (C=O) groups is 1. The number of non-ortho nitro benzene ring substituents is 1. The van der Waals surface area contributed by atoms with Gasteiger partial charge in [-0.3, -0.25) is 14.9 Å². The quantitative estimate of drug-likeness (QED) is 0.523. The topological polar surface area (TPSA) is 81.5 Å². The van der Waals surface area contributed by atoms with Crippen LogP contribution in [0.15, 0.2) is 18.2 Å². The van der Waals surface area contributed by atoms with Crippen molar-refractivity contribution in [3.8, 4) is 0 Å². The maximum atomic E-state index is 10.5. The third-order valence-electron chi connectivity index (χ3n) is 3.42. The second-order valence-electron chi connectivity index (χ2n) is 5.13. The van der Waals surface area contributed by atoms with E-state index in [4.69, 9.17) is 0 Å². The average Bonchev–Trinajstić information content (AvgIpc) is 2.47. The summed E-state index contributed by atoms with van der Waals surface area (Å²) in [6.45, 7) is 6.39. The normalized spacial score (nSPS) is 17.4. The summed E-state index contributed by atoms with van der Waals surface area (Å²) in [4.78, 5) is 19.7. The zero-order chi connectivity index (χ0) is 15.8. The molecule has 0 saturated carbocycles. The molecule has 1 N–H and O–H groups in total. The molecule has 1 aliphatic heterocycles. The number of aryl methyl sites for hydroxylation is 1. The molecule has 0 amide bonds. The maximum absolute atomic E-state index is 10.5. The van der Waals surface area contributed by atoms with Crippen LogP contribution < -0.4 is 5.32 Å². The molecule has 0 saturated heterocycles. The highest BCUT2D eigenvalue weighted by Gasteiger charge is 2.16. The van der Waals surface area contributed by atoms with E-state index < -0.39 is 0 Å². The van der Waals surface area contributed by atoms with Crippen molar-refractivity contribution in [2.45, 2.75) is 52.2 Å². The summed E-state index contributed by atoms with van der Waals surface area (Å²) >= 11 is 0. The maximum Gasteiger partial charge on any atom is 0.293 e. The van der Waals surface area contributed by atoms with Crippen LogP contribution in [0.2, 0.25) is 0 Å². The molecule has 0 aliphatic carbocycles. The molecule has 21 heavy (non-hydrogen) atoms. The fraction of sp³-hybridized carbons (Fsp3) is 0.533. The molecule has 0 spiro atoms. The van der Waals surface area contributed by atoms with Crippen molar-refractivity contribution < 1.29 is 14.5 Å². The molecule has 2 rings (SSSR count). The molecular formula is C15H22N2O4. The lowest BCUT2D eigenvalue weighted by Gasteiger charge is -2.23. The van der Waals surface area contributed by atoms with Crippen molar-refractivity contribution in [1.29, 1.82) is 0 Å². The largest absolute Gasteiger partial charge is 0.465 e. The molecule has 1 aromatic rings. The van der Waals surface area contributed by atoms with Gasteiger partial charge in [-0.05, 0) is 38.7 Å². The van der Waals surface area contributed by atoms with Crippen molar-refractivity contribution >= 4 is 17.8 Å².